The quantitative estimate of drug-likeness (QED) is 0.186. The van der Waals surface area contributed by atoms with Gasteiger partial charge in [0.1, 0.15) is 11.2 Å². The van der Waals surface area contributed by atoms with Gasteiger partial charge in [0.25, 0.3) is 0 Å². The molecule has 0 aliphatic carbocycles. The van der Waals surface area contributed by atoms with Crippen LogP contribution in [0.1, 0.15) is 0 Å². The van der Waals surface area contributed by atoms with Crippen LogP contribution in [0.4, 0.5) is 17.1 Å². The average molecular weight is 644 g/mol. The summed E-state index contributed by atoms with van der Waals surface area (Å²) in [4.78, 5) is 2.41. The van der Waals surface area contributed by atoms with Gasteiger partial charge in [-0.3, -0.25) is 0 Å². The Bertz CT molecular complexity index is 2840. The summed E-state index contributed by atoms with van der Waals surface area (Å²) in [5.41, 5.74) is 9.76. The van der Waals surface area contributed by atoms with Gasteiger partial charge in [-0.2, -0.15) is 0 Å². The fourth-order valence-corrected chi connectivity index (χ4v) is 8.48. The van der Waals surface area contributed by atoms with E-state index in [9.17, 15) is 0 Å². The number of nitrogens with zero attached hydrogens (tertiary/aromatic N) is 1. The lowest BCUT2D eigenvalue weighted by molar-refractivity contribution is 0.672. The van der Waals surface area contributed by atoms with Gasteiger partial charge in [-0.05, 0) is 76.7 Å². The highest BCUT2D eigenvalue weighted by molar-refractivity contribution is 7.25. The van der Waals surface area contributed by atoms with E-state index >= 15 is 0 Å². The third-order valence-electron chi connectivity index (χ3n) is 9.65. The van der Waals surface area contributed by atoms with Crippen molar-refractivity contribution in [2.24, 2.45) is 0 Å². The molecule has 0 atom stereocenters. The molecule has 3 heteroatoms. The molecule has 2 nitrogen and oxygen atoms in total. The second kappa shape index (κ2) is 11.2. The number of furan rings is 1. The van der Waals surface area contributed by atoms with Crippen LogP contribution in [-0.2, 0) is 0 Å². The summed E-state index contributed by atoms with van der Waals surface area (Å²) in [5, 5.41) is 7.11. The molecule has 8 aromatic carbocycles. The predicted molar refractivity (Wildman–Crippen MR) is 210 cm³/mol. The van der Waals surface area contributed by atoms with Crippen molar-refractivity contribution in [3.8, 4) is 22.3 Å². The summed E-state index contributed by atoms with van der Waals surface area (Å²) in [6.45, 7) is 0. The highest BCUT2D eigenvalue weighted by Crippen LogP contribution is 2.47. The van der Waals surface area contributed by atoms with Crippen LogP contribution in [0.15, 0.2) is 180 Å². The average Bonchev–Trinajstić information content (AvgIpc) is 3.75. The smallest absolute Gasteiger partial charge is 0.143 e. The number of hydrogen-bond donors (Lipinski definition) is 0. The normalized spacial score (nSPS) is 11.7. The molecular formula is C46H29NOS. The van der Waals surface area contributed by atoms with E-state index in [1.807, 2.05) is 11.3 Å². The zero-order valence-electron chi connectivity index (χ0n) is 26.5. The van der Waals surface area contributed by atoms with Crippen molar-refractivity contribution < 1.29 is 4.42 Å². The summed E-state index contributed by atoms with van der Waals surface area (Å²) in [6.07, 6.45) is 0. The Morgan fingerprint density at radius 1 is 0.429 bits per heavy atom. The van der Waals surface area contributed by atoms with Crippen LogP contribution in [0.3, 0.4) is 0 Å². The number of hydrogen-bond acceptors (Lipinski definition) is 3. The van der Waals surface area contributed by atoms with E-state index in [2.05, 4.69) is 181 Å². The van der Waals surface area contributed by atoms with E-state index in [1.165, 1.54) is 42.2 Å². The van der Waals surface area contributed by atoms with E-state index in [-0.39, 0.29) is 0 Å². The molecule has 0 aliphatic heterocycles. The maximum Gasteiger partial charge on any atom is 0.143 e. The van der Waals surface area contributed by atoms with Crippen LogP contribution in [0.5, 0.6) is 0 Å². The lowest BCUT2D eigenvalue weighted by atomic mass is 9.99. The van der Waals surface area contributed by atoms with Crippen LogP contribution in [0, 0.1) is 0 Å². The Morgan fingerprint density at radius 2 is 1.14 bits per heavy atom. The van der Waals surface area contributed by atoms with Gasteiger partial charge in [-0.1, -0.05) is 121 Å². The zero-order valence-corrected chi connectivity index (χ0v) is 27.3. The number of rotatable bonds is 5. The molecule has 0 fully saturated rings. The largest absolute Gasteiger partial charge is 0.455 e. The molecule has 10 aromatic rings. The number of benzene rings is 8. The highest BCUT2D eigenvalue weighted by Gasteiger charge is 2.23. The van der Waals surface area contributed by atoms with E-state index in [4.69, 9.17) is 4.42 Å². The van der Waals surface area contributed by atoms with Gasteiger partial charge in [-0.15, -0.1) is 11.3 Å². The zero-order chi connectivity index (χ0) is 32.3. The van der Waals surface area contributed by atoms with Crippen molar-refractivity contribution in [3.63, 3.8) is 0 Å². The summed E-state index contributed by atoms with van der Waals surface area (Å²) < 4.78 is 9.31. The Labute approximate surface area is 287 Å². The molecule has 0 saturated carbocycles. The molecule has 0 unspecified atom stereocenters. The molecule has 0 spiro atoms. The Hall–Kier alpha value is -6.16. The molecule has 0 saturated heterocycles. The minimum atomic E-state index is 0.872. The SMILES string of the molecule is c1ccc(-c2ccccc2N(c2cccc(-c3ccc4sc5ccccc5c4c3)c2)c2cccc3oc4c5ccccc5ccc4c23)cc1. The maximum absolute atomic E-state index is 6.68. The third-order valence-corrected chi connectivity index (χ3v) is 10.8. The fraction of sp³-hybridized carbons (Fsp3) is 0. The van der Waals surface area contributed by atoms with E-state index < -0.39 is 0 Å². The number of anilines is 3. The van der Waals surface area contributed by atoms with Crippen molar-refractivity contribution in [1.29, 1.82) is 0 Å². The van der Waals surface area contributed by atoms with Crippen LogP contribution in [-0.4, -0.2) is 0 Å². The summed E-state index contributed by atoms with van der Waals surface area (Å²) in [5.74, 6) is 0. The lowest BCUT2D eigenvalue weighted by Crippen LogP contribution is -2.11. The molecule has 230 valence electrons. The predicted octanol–water partition coefficient (Wildman–Crippen LogP) is 13.9. The van der Waals surface area contributed by atoms with Gasteiger partial charge in [0.2, 0.25) is 0 Å². The van der Waals surface area contributed by atoms with E-state index in [0.29, 0.717) is 0 Å². The van der Waals surface area contributed by atoms with Gasteiger partial charge in [0.15, 0.2) is 0 Å². The first-order valence-electron chi connectivity index (χ1n) is 16.6. The van der Waals surface area contributed by atoms with Crippen molar-refractivity contribution in [1.82, 2.24) is 0 Å². The third kappa shape index (κ3) is 4.55. The van der Waals surface area contributed by atoms with Crippen LogP contribution >= 0.6 is 11.3 Å². The molecule has 0 radical (unpaired) electrons. The fourth-order valence-electron chi connectivity index (χ4n) is 7.39. The van der Waals surface area contributed by atoms with Gasteiger partial charge < -0.3 is 9.32 Å². The second-order valence-electron chi connectivity index (χ2n) is 12.5. The Balaban J connectivity index is 1.23. The summed E-state index contributed by atoms with van der Waals surface area (Å²) in [6, 6.07) is 63.2. The highest BCUT2D eigenvalue weighted by atomic mass is 32.1. The van der Waals surface area contributed by atoms with E-state index in [0.717, 1.165) is 50.0 Å². The van der Waals surface area contributed by atoms with Gasteiger partial charge >= 0.3 is 0 Å². The Kier molecular flexibility index (Phi) is 6.39. The summed E-state index contributed by atoms with van der Waals surface area (Å²) in [7, 11) is 0. The molecular weight excluding hydrogens is 615 g/mol. The molecule has 2 aromatic heterocycles. The van der Waals surface area contributed by atoms with Crippen LogP contribution < -0.4 is 4.90 Å². The molecule has 0 bridgehead atoms. The van der Waals surface area contributed by atoms with Crippen molar-refractivity contribution >= 4 is 81.3 Å². The molecule has 0 N–H and O–H groups in total. The molecule has 0 aliphatic rings. The maximum atomic E-state index is 6.68. The molecule has 0 amide bonds. The first kappa shape index (κ1) is 27.9. The van der Waals surface area contributed by atoms with Gasteiger partial charge in [0, 0.05) is 42.2 Å². The standard InChI is InChI=1S/C46H29NOS/c1-2-12-30(13-3-1)35-17-6-8-20-40(35)47(41-21-11-22-42-45(41)38-26-24-31-14-4-5-18-36(31)46(38)48-42)34-16-10-15-32(28-34)33-25-27-44-39(29-33)37-19-7-9-23-43(37)49-44/h1-29H. The molecule has 10 rings (SSSR count). The van der Waals surface area contributed by atoms with Gasteiger partial charge in [0.05, 0.1) is 16.8 Å². The summed E-state index contributed by atoms with van der Waals surface area (Å²) >= 11 is 1.85. The van der Waals surface area contributed by atoms with Crippen molar-refractivity contribution in [2.75, 3.05) is 4.90 Å². The first-order chi connectivity index (χ1) is 24.3. The molecule has 49 heavy (non-hydrogen) atoms. The lowest BCUT2D eigenvalue weighted by Gasteiger charge is -2.29. The second-order valence-corrected chi connectivity index (χ2v) is 13.6. The van der Waals surface area contributed by atoms with Crippen LogP contribution in [0.25, 0.3) is 75.1 Å². The van der Waals surface area contributed by atoms with E-state index in [1.54, 1.807) is 0 Å². The monoisotopic (exact) mass is 643 g/mol. The van der Waals surface area contributed by atoms with Crippen LogP contribution in [0.2, 0.25) is 0 Å². The van der Waals surface area contributed by atoms with Gasteiger partial charge in [-0.25, -0.2) is 0 Å². The number of thiophene rings is 1. The molecule has 2 heterocycles. The number of fused-ring (bicyclic) bond motifs is 8. The minimum absolute atomic E-state index is 0.872. The van der Waals surface area contributed by atoms with Crippen molar-refractivity contribution in [3.05, 3.63) is 176 Å². The minimum Gasteiger partial charge on any atom is -0.455 e. The number of para-hydroxylation sites is 1. The van der Waals surface area contributed by atoms with Crippen molar-refractivity contribution in [2.45, 2.75) is 0 Å². The Morgan fingerprint density at radius 3 is 2.08 bits per heavy atom. The topological polar surface area (TPSA) is 16.4 Å². The first-order valence-corrected chi connectivity index (χ1v) is 17.4.